The summed E-state index contributed by atoms with van der Waals surface area (Å²) in [6.07, 6.45) is 10.6. The Morgan fingerprint density at radius 1 is 0.982 bits per heavy atom. The fraction of sp³-hybridized carbons (Fsp3) is 0.444. The number of aryl methyl sites for hydroxylation is 3. The number of unbranched alkanes of at least 4 members (excludes halogenated alkanes) is 2. The third-order valence-corrected chi connectivity index (χ3v) is 11.5. The fourth-order valence-electron chi connectivity index (χ4n) is 7.35. The van der Waals surface area contributed by atoms with E-state index in [1.54, 1.807) is 24.3 Å². The highest BCUT2D eigenvalue weighted by atomic mass is 32.1. The van der Waals surface area contributed by atoms with Gasteiger partial charge in [-0.15, -0.1) is 0 Å². The first-order chi connectivity index (χ1) is 26.3. The number of anilines is 1. The van der Waals surface area contributed by atoms with Crippen molar-refractivity contribution in [3.8, 4) is 23.2 Å². The van der Waals surface area contributed by atoms with Crippen LogP contribution >= 0.6 is 11.3 Å². The number of pyridine rings is 1. The van der Waals surface area contributed by atoms with E-state index in [1.165, 1.54) is 23.5 Å². The molecule has 4 rings (SSSR count). The number of amides is 2. The number of hydrogen-bond donors (Lipinski definition) is 1. The molecule has 2 atom stereocenters. The lowest BCUT2D eigenvalue weighted by molar-refractivity contribution is -0.117. The number of nitrogens with zero attached hydrogens (tertiary/aromatic N) is 5. The molecule has 0 aliphatic rings. The van der Waals surface area contributed by atoms with Gasteiger partial charge in [-0.1, -0.05) is 120 Å². The van der Waals surface area contributed by atoms with Gasteiger partial charge in [-0.25, -0.2) is 4.98 Å². The summed E-state index contributed by atoms with van der Waals surface area (Å²) in [5.74, 6) is -1.52. The van der Waals surface area contributed by atoms with Crippen molar-refractivity contribution >= 4 is 40.9 Å². The summed E-state index contributed by atoms with van der Waals surface area (Å²) in [6, 6.07) is 14.2. The topological polar surface area (TPSA) is 120 Å². The molecule has 2 amide bonds. The van der Waals surface area contributed by atoms with Gasteiger partial charge in [0.2, 0.25) is 11.8 Å². The molecule has 0 bridgehead atoms. The summed E-state index contributed by atoms with van der Waals surface area (Å²) < 4.78 is 0.589. The minimum atomic E-state index is -0.868. The first kappa shape index (κ1) is 42.7. The minimum Gasteiger partial charge on any atom is -0.492 e. The maximum atomic E-state index is 14.6. The number of carbonyl (C=O) groups excluding carboxylic acids is 2. The lowest BCUT2D eigenvalue weighted by Crippen LogP contribution is -2.56. The van der Waals surface area contributed by atoms with Gasteiger partial charge >= 0.3 is 0 Å². The Labute approximate surface area is 330 Å². The molecule has 0 aliphatic carbocycles. The Hall–Kier alpha value is -5.01. The number of imide groups is 1. The summed E-state index contributed by atoms with van der Waals surface area (Å²) in [5.41, 5.74) is 3.77. The van der Waals surface area contributed by atoms with E-state index in [2.05, 4.69) is 72.1 Å². The Kier molecular flexibility index (Phi) is 15.2. The van der Waals surface area contributed by atoms with E-state index in [0.717, 1.165) is 98.8 Å². The largest absolute Gasteiger partial charge is 0.492 e. The van der Waals surface area contributed by atoms with E-state index in [9.17, 15) is 24.8 Å². The number of benzene rings is 2. The molecule has 1 N–H and O–H groups in total. The van der Waals surface area contributed by atoms with Gasteiger partial charge < -0.3 is 10.0 Å². The quantitative estimate of drug-likeness (QED) is 0.115. The van der Waals surface area contributed by atoms with Gasteiger partial charge in [-0.3, -0.25) is 14.4 Å². The molecule has 0 aliphatic heterocycles. The van der Waals surface area contributed by atoms with Crippen molar-refractivity contribution in [3.63, 3.8) is 0 Å². The van der Waals surface area contributed by atoms with E-state index >= 15 is 0 Å². The van der Waals surface area contributed by atoms with E-state index in [0.29, 0.717) is 32.1 Å². The maximum absolute atomic E-state index is 14.6. The third-order valence-electron chi connectivity index (χ3n) is 10.4. The van der Waals surface area contributed by atoms with Crippen LogP contribution in [0.15, 0.2) is 47.3 Å². The van der Waals surface area contributed by atoms with Crippen LogP contribution in [0.4, 0.5) is 5.13 Å². The summed E-state index contributed by atoms with van der Waals surface area (Å²) in [5, 5.41) is 22.9. The third kappa shape index (κ3) is 9.81. The standard InChI is InChI=1S/C45H57N5O4S/c1-10-14-19-34(12-3)27-48(28-35(13-4)20-15-11-2)45-47-41(40-30(6)23-29(5)24-31(40)7)39(55-45)25-37-32(8)38(26-46)44(54)50(43(37)53)49(33(9)51)42(52)36-21-17-16-18-22-36/h16-18,21-25,34-35,54H,8,10-15,19-20,27-28H2,1-7,9H3/b37-25+. The molecule has 9 nitrogen and oxygen atoms in total. The van der Waals surface area contributed by atoms with E-state index in [4.69, 9.17) is 4.98 Å². The molecule has 4 aromatic rings. The number of aromatic nitrogens is 2. The highest BCUT2D eigenvalue weighted by molar-refractivity contribution is 7.16. The van der Waals surface area contributed by atoms with Gasteiger partial charge in [-0.05, 0) is 74.8 Å². The van der Waals surface area contributed by atoms with Crippen LogP contribution < -0.4 is 25.9 Å². The van der Waals surface area contributed by atoms with Gasteiger partial charge in [0.05, 0.1) is 15.8 Å². The number of aromatic hydroxyl groups is 1. The zero-order valence-corrected chi connectivity index (χ0v) is 34.7. The van der Waals surface area contributed by atoms with Crippen molar-refractivity contribution in [2.75, 3.05) is 23.0 Å². The zero-order chi connectivity index (χ0) is 40.4. The van der Waals surface area contributed by atoms with Crippen LogP contribution in [0, 0.1) is 43.9 Å². The Bertz CT molecular complexity index is 2160. The monoisotopic (exact) mass is 763 g/mol. The molecule has 0 radical (unpaired) electrons. The highest BCUT2D eigenvalue weighted by Gasteiger charge is 2.29. The Balaban J connectivity index is 2.07. The second-order valence-electron chi connectivity index (χ2n) is 14.7. The van der Waals surface area contributed by atoms with Crippen LogP contribution in [0.5, 0.6) is 5.88 Å². The van der Waals surface area contributed by atoms with Crippen molar-refractivity contribution < 1.29 is 14.7 Å². The number of thiazole rings is 1. The summed E-state index contributed by atoms with van der Waals surface area (Å²) >= 11 is 1.48. The highest BCUT2D eigenvalue weighted by Crippen LogP contribution is 2.38. The molecular formula is C45H57N5O4S. The normalized spacial score (nSPS) is 12.7. The number of rotatable bonds is 17. The minimum absolute atomic E-state index is 0.0109. The molecule has 292 valence electrons. The molecule has 2 aromatic carbocycles. The van der Waals surface area contributed by atoms with Crippen molar-refractivity contribution in [2.24, 2.45) is 11.8 Å². The van der Waals surface area contributed by atoms with Crippen molar-refractivity contribution in [2.45, 2.75) is 107 Å². The van der Waals surface area contributed by atoms with Gasteiger partial charge in [0.1, 0.15) is 11.6 Å². The molecule has 0 saturated heterocycles. The lowest BCUT2D eigenvalue weighted by atomic mass is 9.96. The Morgan fingerprint density at radius 2 is 1.55 bits per heavy atom. The van der Waals surface area contributed by atoms with Crippen molar-refractivity contribution in [1.82, 2.24) is 9.66 Å². The first-order valence-electron chi connectivity index (χ1n) is 19.6. The van der Waals surface area contributed by atoms with Gasteiger partial charge in [0.15, 0.2) is 5.13 Å². The summed E-state index contributed by atoms with van der Waals surface area (Å²) in [7, 11) is 0. The summed E-state index contributed by atoms with van der Waals surface area (Å²) in [6.45, 7) is 22.0. The predicted molar refractivity (Wildman–Crippen MR) is 226 cm³/mol. The van der Waals surface area contributed by atoms with E-state index in [1.807, 2.05) is 6.07 Å². The van der Waals surface area contributed by atoms with Crippen molar-refractivity contribution in [3.05, 3.63) is 96.0 Å². The second kappa shape index (κ2) is 19.5. The summed E-state index contributed by atoms with van der Waals surface area (Å²) in [4.78, 5) is 49.9. The van der Waals surface area contributed by atoms with Crippen LogP contribution in [0.25, 0.3) is 23.9 Å². The van der Waals surface area contributed by atoms with Gasteiger partial charge in [-0.2, -0.15) is 14.9 Å². The molecule has 55 heavy (non-hydrogen) atoms. The number of hydrogen-bond acceptors (Lipinski definition) is 8. The Morgan fingerprint density at radius 3 is 2.04 bits per heavy atom. The maximum Gasteiger partial charge on any atom is 0.280 e. The van der Waals surface area contributed by atoms with Crippen LogP contribution in [-0.2, 0) is 4.79 Å². The molecule has 2 aromatic heterocycles. The van der Waals surface area contributed by atoms with E-state index in [-0.39, 0.29) is 21.6 Å². The number of carbonyl (C=O) groups is 2. The number of nitriles is 1. The van der Waals surface area contributed by atoms with Crippen LogP contribution in [0.1, 0.15) is 123 Å². The lowest BCUT2D eigenvalue weighted by Gasteiger charge is -2.30. The van der Waals surface area contributed by atoms with Crippen molar-refractivity contribution in [1.29, 1.82) is 5.26 Å². The van der Waals surface area contributed by atoms with E-state index < -0.39 is 23.3 Å². The zero-order valence-electron chi connectivity index (χ0n) is 33.9. The molecule has 0 spiro atoms. The SMILES string of the molecule is C=c1c(C#N)c(O)n(N(C(C)=O)C(=O)c2ccccc2)c(=O)/c1=C/c1sc(N(CC(CC)CCCC)CC(CC)CCCC)nc1-c1c(C)cc(C)cc1C. The predicted octanol–water partition coefficient (Wildman–Crippen LogP) is 8.28. The van der Waals surface area contributed by atoms with Gasteiger partial charge in [0, 0.05) is 36.4 Å². The molecular weight excluding hydrogens is 707 g/mol. The molecule has 0 saturated carbocycles. The molecule has 2 heterocycles. The smallest absolute Gasteiger partial charge is 0.280 e. The first-order valence-corrected chi connectivity index (χ1v) is 20.5. The van der Waals surface area contributed by atoms with Crippen LogP contribution in [-0.4, -0.2) is 39.7 Å². The average Bonchev–Trinajstić information content (AvgIpc) is 3.57. The average molecular weight is 764 g/mol. The molecule has 2 unspecified atom stereocenters. The molecule has 10 heteroatoms. The fourth-order valence-corrected chi connectivity index (χ4v) is 8.38. The van der Waals surface area contributed by atoms with Crippen LogP contribution in [0.3, 0.4) is 0 Å². The van der Waals surface area contributed by atoms with Gasteiger partial charge in [0.25, 0.3) is 11.5 Å². The second-order valence-corrected chi connectivity index (χ2v) is 15.7. The molecule has 0 fully saturated rings. The van der Waals surface area contributed by atoms with Crippen LogP contribution in [0.2, 0.25) is 0 Å².